The van der Waals surface area contributed by atoms with Crippen LogP contribution in [-0.2, 0) is 29.5 Å². The third-order valence-electron chi connectivity index (χ3n) is 4.21. The zero-order valence-corrected chi connectivity index (χ0v) is 14.4. The van der Waals surface area contributed by atoms with Crippen LogP contribution in [0.2, 0.25) is 0 Å². The summed E-state index contributed by atoms with van der Waals surface area (Å²) in [5.74, 6) is -1.74. The van der Waals surface area contributed by atoms with E-state index in [2.05, 4.69) is 0 Å². The molecule has 1 aliphatic rings. The van der Waals surface area contributed by atoms with Crippen molar-refractivity contribution in [1.82, 2.24) is 0 Å². The number of hydrogen-bond acceptors (Lipinski definition) is 6. The number of aldehydes is 1. The molecule has 0 saturated carbocycles. The highest BCUT2D eigenvalue weighted by atomic mass is 16.7. The molecule has 3 unspecified atom stereocenters. The summed E-state index contributed by atoms with van der Waals surface area (Å²) in [7, 11) is 0. The molecule has 0 radical (unpaired) electrons. The molecule has 134 valence electrons. The van der Waals surface area contributed by atoms with E-state index >= 15 is 0 Å². The third-order valence-corrected chi connectivity index (χ3v) is 4.21. The quantitative estimate of drug-likeness (QED) is 0.620. The van der Waals surface area contributed by atoms with E-state index in [9.17, 15) is 14.4 Å². The van der Waals surface area contributed by atoms with Gasteiger partial charge in [0.25, 0.3) is 6.29 Å². The molecule has 0 saturated heterocycles. The highest BCUT2D eigenvalue weighted by molar-refractivity contribution is 5.78. The summed E-state index contributed by atoms with van der Waals surface area (Å²) < 4.78 is 16.8. The first kappa shape index (κ1) is 17.7. The van der Waals surface area contributed by atoms with Crippen molar-refractivity contribution in [2.45, 2.75) is 31.7 Å². The van der Waals surface area contributed by atoms with E-state index in [1.54, 1.807) is 48.5 Å². The SMILES string of the molecule is CC(=O)OC1Oc2ccccc2C(C=O)(OC(C)=O)C1c1ccccc1. The lowest BCUT2D eigenvalue weighted by Gasteiger charge is -2.43. The molecular weight excluding hydrogens is 336 g/mol. The van der Waals surface area contributed by atoms with Gasteiger partial charge in [0, 0.05) is 19.4 Å². The van der Waals surface area contributed by atoms with Gasteiger partial charge in [-0.15, -0.1) is 0 Å². The van der Waals surface area contributed by atoms with Crippen LogP contribution in [0.3, 0.4) is 0 Å². The molecule has 6 nitrogen and oxygen atoms in total. The van der Waals surface area contributed by atoms with Crippen molar-refractivity contribution >= 4 is 18.2 Å². The van der Waals surface area contributed by atoms with E-state index in [-0.39, 0.29) is 0 Å². The zero-order chi connectivity index (χ0) is 18.7. The summed E-state index contributed by atoms with van der Waals surface area (Å²) >= 11 is 0. The van der Waals surface area contributed by atoms with Gasteiger partial charge in [-0.1, -0.05) is 48.5 Å². The lowest BCUT2D eigenvalue weighted by Crippen LogP contribution is -2.51. The molecule has 0 amide bonds. The average molecular weight is 354 g/mol. The minimum absolute atomic E-state index is 0.319. The Morgan fingerprint density at radius 1 is 1.00 bits per heavy atom. The summed E-state index contributed by atoms with van der Waals surface area (Å²) in [4.78, 5) is 35.8. The Kier molecular flexibility index (Phi) is 4.75. The Morgan fingerprint density at radius 2 is 1.65 bits per heavy atom. The zero-order valence-electron chi connectivity index (χ0n) is 14.4. The summed E-state index contributed by atoms with van der Waals surface area (Å²) in [6, 6.07) is 15.6. The summed E-state index contributed by atoms with van der Waals surface area (Å²) in [5, 5.41) is 0. The van der Waals surface area contributed by atoms with E-state index < -0.39 is 29.7 Å². The lowest BCUT2D eigenvalue weighted by atomic mass is 9.75. The number of para-hydroxylation sites is 1. The fourth-order valence-electron chi connectivity index (χ4n) is 3.29. The summed E-state index contributed by atoms with van der Waals surface area (Å²) in [5.41, 5.74) is -0.633. The molecule has 0 N–H and O–H groups in total. The third kappa shape index (κ3) is 3.06. The van der Waals surface area contributed by atoms with Gasteiger partial charge in [-0.3, -0.25) is 14.4 Å². The number of benzene rings is 2. The van der Waals surface area contributed by atoms with Gasteiger partial charge in [0.15, 0.2) is 6.29 Å². The molecule has 1 heterocycles. The molecule has 0 aliphatic carbocycles. The molecule has 2 aromatic rings. The number of fused-ring (bicyclic) bond motifs is 1. The fourth-order valence-corrected chi connectivity index (χ4v) is 3.29. The van der Waals surface area contributed by atoms with Gasteiger partial charge in [0.2, 0.25) is 5.60 Å². The summed E-state index contributed by atoms with van der Waals surface area (Å²) in [6.07, 6.45) is -0.557. The van der Waals surface area contributed by atoms with Gasteiger partial charge < -0.3 is 14.2 Å². The first-order valence-corrected chi connectivity index (χ1v) is 8.12. The maximum Gasteiger partial charge on any atom is 0.305 e. The van der Waals surface area contributed by atoms with Crippen LogP contribution in [0.15, 0.2) is 54.6 Å². The molecule has 3 atom stereocenters. The van der Waals surface area contributed by atoms with Crippen molar-refractivity contribution in [2.75, 3.05) is 0 Å². The van der Waals surface area contributed by atoms with Crippen LogP contribution in [0.4, 0.5) is 0 Å². The van der Waals surface area contributed by atoms with Crippen LogP contribution in [0, 0.1) is 0 Å². The van der Waals surface area contributed by atoms with E-state index in [0.29, 0.717) is 23.2 Å². The second-order valence-corrected chi connectivity index (χ2v) is 5.98. The van der Waals surface area contributed by atoms with Gasteiger partial charge in [-0.05, 0) is 11.6 Å². The Morgan fingerprint density at radius 3 is 2.27 bits per heavy atom. The van der Waals surface area contributed by atoms with Gasteiger partial charge in [-0.25, -0.2) is 0 Å². The Balaban J connectivity index is 2.26. The van der Waals surface area contributed by atoms with Gasteiger partial charge in [-0.2, -0.15) is 0 Å². The predicted molar refractivity (Wildman–Crippen MR) is 91.3 cm³/mol. The van der Waals surface area contributed by atoms with Crippen molar-refractivity contribution in [1.29, 1.82) is 0 Å². The molecule has 1 aliphatic heterocycles. The molecule has 0 fully saturated rings. The minimum Gasteiger partial charge on any atom is -0.453 e. The van der Waals surface area contributed by atoms with Crippen molar-refractivity contribution in [2.24, 2.45) is 0 Å². The van der Waals surface area contributed by atoms with Crippen molar-refractivity contribution < 1.29 is 28.6 Å². The number of carbonyl (C=O) groups excluding carboxylic acids is 3. The number of esters is 2. The number of carbonyl (C=O) groups is 3. The molecule has 26 heavy (non-hydrogen) atoms. The van der Waals surface area contributed by atoms with Crippen molar-refractivity contribution in [3.8, 4) is 5.75 Å². The smallest absolute Gasteiger partial charge is 0.305 e. The first-order valence-electron chi connectivity index (χ1n) is 8.12. The molecule has 2 aromatic carbocycles. The highest BCUT2D eigenvalue weighted by Crippen LogP contribution is 2.49. The van der Waals surface area contributed by atoms with Crippen LogP contribution in [0.25, 0.3) is 0 Å². The van der Waals surface area contributed by atoms with Gasteiger partial charge >= 0.3 is 11.9 Å². The summed E-state index contributed by atoms with van der Waals surface area (Å²) in [6.45, 7) is 2.48. The van der Waals surface area contributed by atoms with Crippen LogP contribution >= 0.6 is 0 Å². The maximum atomic E-state index is 12.3. The predicted octanol–water partition coefficient (Wildman–Crippen LogP) is 2.71. The van der Waals surface area contributed by atoms with Crippen LogP contribution in [0.5, 0.6) is 5.75 Å². The van der Waals surface area contributed by atoms with Crippen molar-refractivity contribution in [3.05, 3.63) is 65.7 Å². The molecular formula is C20H18O6. The van der Waals surface area contributed by atoms with Crippen molar-refractivity contribution in [3.63, 3.8) is 0 Å². The molecule has 3 rings (SSSR count). The Labute approximate surface area is 150 Å². The normalized spacial score (nSPS) is 23.9. The number of ether oxygens (including phenoxy) is 3. The topological polar surface area (TPSA) is 78.9 Å². The van der Waals surface area contributed by atoms with Crippen LogP contribution in [-0.4, -0.2) is 24.5 Å². The maximum absolute atomic E-state index is 12.3. The second-order valence-electron chi connectivity index (χ2n) is 5.98. The molecule has 0 aromatic heterocycles. The minimum atomic E-state index is -1.68. The standard InChI is InChI=1S/C20H18O6/c1-13(22)24-19-18(15-8-4-3-5-9-15)20(12-21,26-14(2)23)16-10-6-7-11-17(16)25-19/h3-12,18-19H,1-2H3. The van der Waals surface area contributed by atoms with Crippen LogP contribution < -0.4 is 4.74 Å². The van der Waals surface area contributed by atoms with Crippen LogP contribution in [0.1, 0.15) is 30.9 Å². The second kappa shape index (κ2) is 7.00. The number of rotatable bonds is 4. The lowest BCUT2D eigenvalue weighted by molar-refractivity contribution is -0.194. The Hall–Kier alpha value is -3.15. The fraction of sp³-hybridized carbons (Fsp3) is 0.250. The van der Waals surface area contributed by atoms with E-state index in [1.807, 2.05) is 6.07 Å². The van der Waals surface area contributed by atoms with E-state index in [0.717, 1.165) is 0 Å². The largest absolute Gasteiger partial charge is 0.453 e. The first-order chi connectivity index (χ1) is 12.5. The Bertz CT molecular complexity index is 831. The molecule has 0 bridgehead atoms. The molecule has 0 spiro atoms. The molecule has 6 heteroatoms. The van der Waals surface area contributed by atoms with Gasteiger partial charge in [0.05, 0.1) is 0 Å². The van der Waals surface area contributed by atoms with Gasteiger partial charge in [0.1, 0.15) is 11.7 Å². The van der Waals surface area contributed by atoms with E-state index in [1.165, 1.54) is 13.8 Å². The highest BCUT2D eigenvalue weighted by Gasteiger charge is 2.55. The number of hydrogen-bond donors (Lipinski definition) is 0. The monoisotopic (exact) mass is 354 g/mol. The van der Waals surface area contributed by atoms with E-state index in [4.69, 9.17) is 14.2 Å². The average Bonchev–Trinajstić information content (AvgIpc) is 2.61.